The summed E-state index contributed by atoms with van der Waals surface area (Å²) in [4.78, 5) is 38.0. The van der Waals surface area contributed by atoms with E-state index >= 15 is 0 Å². The standard InChI is InChI=1S/C23H32N4O6S/c1-23(2,3)33-21(29)25-8-7-24-15-6-9-27(13-15)16-12-18(32-5)17(31-4)10-14(16)11-19-20(28)26-22(30)34-19/h10-12,15,24H,6-9,13H2,1-5H3,(H,25,29)(H,26,28,30)/b19-11-. The van der Waals surface area contributed by atoms with Gasteiger partial charge in [-0.15, -0.1) is 0 Å². The van der Waals surface area contributed by atoms with Crippen molar-refractivity contribution in [3.63, 3.8) is 0 Å². The minimum atomic E-state index is -0.527. The zero-order valence-electron chi connectivity index (χ0n) is 20.1. The van der Waals surface area contributed by atoms with E-state index in [0.717, 1.165) is 42.5 Å². The highest BCUT2D eigenvalue weighted by Crippen LogP contribution is 2.39. The molecule has 3 N–H and O–H groups in total. The van der Waals surface area contributed by atoms with E-state index in [-0.39, 0.29) is 11.3 Å². The van der Waals surface area contributed by atoms with Crippen LogP contribution in [0.15, 0.2) is 17.0 Å². The Bertz CT molecular complexity index is 975. The van der Waals surface area contributed by atoms with E-state index < -0.39 is 17.6 Å². The topological polar surface area (TPSA) is 118 Å². The third-order valence-corrected chi connectivity index (χ3v) is 6.03. The Morgan fingerprint density at radius 3 is 2.53 bits per heavy atom. The average molecular weight is 493 g/mol. The number of imide groups is 1. The lowest BCUT2D eigenvalue weighted by atomic mass is 10.1. The monoisotopic (exact) mass is 492 g/mol. The lowest BCUT2D eigenvalue weighted by Gasteiger charge is -2.23. The zero-order valence-corrected chi connectivity index (χ0v) is 21.0. The van der Waals surface area contributed by atoms with Crippen LogP contribution < -0.4 is 30.3 Å². The van der Waals surface area contributed by atoms with Crippen LogP contribution in [0.25, 0.3) is 6.08 Å². The SMILES string of the molecule is COc1cc(/C=C2\SC(=O)NC2=O)c(N2CCC(NCCNC(=O)OC(C)(C)C)C2)cc1OC. The van der Waals surface area contributed by atoms with Crippen LogP contribution in [0.5, 0.6) is 11.5 Å². The van der Waals surface area contributed by atoms with E-state index in [1.165, 1.54) is 0 Å². The fourth-order valence-electron chi connectivity index (χ4n) is 3.74. The van der Waals surface area contributed by atoms with Crippen molar-refractivity contribution in [2.45, 2.75) is 38.8 Å². The first kappa shape index (κ1) is 25.7. The van der Waals surface area contributed by atoms with Crippen molar-refractivity contribution in [2.24, 2.45) is 0 Å². The summed E-state index contributed by atoms with van der Waals surface area (Å²) in [6, 6.07) is 3.92. The number of carbonyl (C=O) groups is 3. The smallest absolute Gasteiger partial charge is 0.407 e. The summed E-state index contributed by atoms with van der Waals surface area (Å²) in [7, 11) is 3.13. The number of carbonyl (C=O) groups excluding carboxylic acids is 3. The highest BCUT2D eigenvalue weighted by atomic mass is 32.2. The Morgan fingerprint density at radius 2 is 1.91 bits per heavy atom. The lowest BCUT2D eigenvalue weighted by Crippen LogP contribution is -2.40. The number of amides is 3. The third-order valence-electron chi connectivity index (χ3n) is 5.22. The molecule has 1 unspecified atom stereocenters. The number of thioether (sulfide) groups is 1. The van der Waals surface area contributed by atoms with Gasteiger partial charge >= 0.3 is 6.09 Å². The summed E-state index contributed by atoms with van der Waals surface area (Å²) in [5.41, 5.74) is 1.12. The Kier molecular flexibility index (Phi) is 8.32. The third kappa shape index (κ3) is 6.80. The number of nitrogens with zero attached hydrogens (tertiary/aromatic N) is 1. The molecule has 0 bridgehead atoms. The van der Waals surface area contributed by atoms with Gasteiger partial charge in [-0.05, 0) is 51.1 Å². The maximum Gasteiger partial charge on any atom is 0.407 e. The molecule has 0 spiro atoms. The number of hydrogen-bond acceptors (Lipinski definition) is 9. The summed E-state index contributed by atoms with van der Waals surface area (Å²) in [6.45, 7) is 8.07. The first-order valence-electron chi connectivity index (χ1n) is 11.1. The Labute approximate surface area is 203 Å². The fourth-order valence-corrected chi connectivity index (χ4v) is 4.41. The van der Waals surface area contributed by atoms with Crippen LogP contribution in [0.3, 0.4) is 0 Å². The Balaban J connectivity index is 1.67. The molecule has 10 nitrogen and oxygen atoms in total. The van der Waals surface area contributed by atoms with Gasteiger partial charge in [0.05, 0.1) is 19.1 Å². The van der Waals surface area contributed by atoms with E-state index in [9.17, 15) is 14.4 Å². The molecule has 2 saturated heterocycles. The van der Waals surface area contributed by atoms with Gasteiger partial charge in [0.25, 0.3) is 11.1 Å². The van der Waals surface area contributed by atoms with Crippen LogP contribution in [-0.2, 0) is 9.53 Å². The molecule has 2 aliphatic rings. The first-order chi connectivity index (χ1) is 16.1. The van der Waals surface area contributed by atoms with Gasteiger partial charge in [0, 0.05) is 49.5 Å². The summed E-state index contributed by atoms with van der Waals surface area (Å²) < 4.78 is 16.2. The summed E-state index contributed by atoms with van der Waals surface area (Å²) in [6.07, 6.45) is 2.18. The molecule has 2 aliphatic heterocycles. The molecule has 3 amide bonds. The first-order valence-corrected chi connectivity index (χ1v) is 11.9. The molecule has 11 heteroatoms. The van der Waals surface area contributed by atoms with Crippen molar-refractivity contribution in [3.05, 3.63) is 22.6 Å². The lowest BCUT2D eigenvalue weighted by molar-refractivity contribution is -0.115. The molecule has 34 heavy (non-hydrogen) atoms. The van der Waals surface area contributed by atoms with Gasteiger partial charge in [-0.1, -0.05) is 0 Å². The normalized spacial score (nSPS) is 19.4. The molecule has 2 fully saturated rings. The molecule has 0 radical (unpaired) electrons. The highest BCUT2D eigenvalue weighted by Gasteiger charge is 2.28. The van der Waals surface area contributed by atoms with E-state index in [1.807, 2.05) is 32.9 Å². The van der Waals surface area contributed by atoms with Crippen LogP contribution in [0, 0.1) is 0 Å². The van der Waals surface area contributed by atoms with E-state index in [1.54, 1.807) is 20.3 Å². The van der Waals surface area contributed by atoms with E-state index in [2.05, 4.69) is 20.9 Å². The summed E-state index contributed by atoms with van der Waals surface area (Å²) in [5.74, 6) is 0.710. The van der Waals surface area contributed by atoms with Crippen molar-refractivity contribution < 1.29 is 28.6 Å². The molecule has 1 aromatic carbocycles. The number of alkyl carbamates (subject to hydrolysis) is 1. The van der Waals surface area contributed by atoms with Crippen LogP contribution in [0.4, 0.5) is 15.3 Å². The van der Waals surface area contributed by atoms with Gasteiger partial charge in [0.2, 0.25) is 0 Å². The second kappa shape index (κ2) is 11.0. The molecule has 0 aliphatic carbocycles. The second-order valence-corrected chi connectivity index (χ2v) is 9.95. The molecule has 186 valence electrons. The van der Waals surface area contributed by atoms with Crippen molar-refractivity contribution in [3.8, 4) is 11.5 Å². The predicted octanol–water partition coefficient (Wildman–Crippen LogP) is 2.72. The fraction of sp³-hybridized carbons (Fsp3) is 0.522. The molecule has 3 rings (SSSR count). The highest BCUT2D eigenvalue weighted by molar-refractivity contribution is 8.18. The molecular formula is C23H32N4O6S. The maximum atomic E-state index is 12.1. The van der Waals surface area contributed by atoms with Crippen LogP contribution >= 0.6 is 11.8 Å². The van der Waals surface area contributed by atoms with Gasteiger partial charge in [-0.3, -0.25) is 14.9 Å². The molecule has 1 aromatic rings. The van der Waals surface area contributed by atoms with Crippen LogP contribution in [0.2, 0.25) is 0 Å². The van der Waals surface area contributed by atoms with E-state index in [4.69, 9.17) is 14.2 Å². The molecule has 1 atom stereocenters. The number of ether oxygens (including phenoxy) is 3. The van der Waals surface area contributed by atoms with Crippen LogP contribution in [-0.4, -0.2) is 69.3 Å². The van der Waals surface area contributed by atoms with Crippen molar-refractivity contribution >= 4 is 40.8 Å². The summed E-state index contributed by atoms with van der Waals surface area (Å²) >= 11 is 0.877. The number of methoxy groups -OCH3 is 2. The number of rotatable bonds is 8. The van der Waals surface area contributed by atoms with Crippen molar-refractivity contribution in [1.82, 2.24) is 16.0 Å². The molecule has 2 heterocycles. The van der Waals surface area contributed by atoms with Crippen LogP contribution in [0.1, 0.15) is 32.8 Å². The quantitative estimate of drug-likeness (QED) is 0.372. The molecular weight excluding hydrogens is 460 g/mol. The van der Waals surface area contributed by atoms with Gasteiger partial charge in [0.15, 0.2) is 11.5 Å². The number of nitrogens with one attached hydrogen (secondary N) is 3. The minimum absolute atomic E-state index is 0.222. The average Bonchev–Trinajstić information content (AvgIpc) is 3.35. The second-order valence-electron chi connectivity index (χ2n) is 8.93. The molecule has 0 aromatic heterocycles. The largest absolute Gasteiger partial charge is 0.493 e. The van der Waals surface area contributed by atoms with Gasteiger partial charge < -0.3 is 29.7 Å². The zero-order chi connectivity index (χ0) is 24.9. The number of benzene rings is 1. The van der Waals surface area contributed by atoms with Crippen molar-refractivity contribution in [1.29, 1.82) is 0 Å². The predicted molar refractivity (Wildman–Crippen MR) is 132 cm³/mol. The van der Waals surface area contributed by atoms with E-state index in [0.29, 0.717) is 29.5 Å². The summed E-state index contributed by atoms with van der Waals surface area (Å²) in [5, 5.41) is 8.10. The number of hydrogen-bond donors (Lipinski definition) is 3. The van der Waals surface area contributed by atoms with Crippen molar-refractivity contribution in [2.75, 3.05) is 45.3 Å². The Morgan fingerprint density at radius 1 is 1.21 bits per heavy atom. The maximum absolute atomic E-state index is 12.1. The van der Waals surface area contributed by atoms with Gasteiger partial charge in [-0.2, -0.15) is 0 Å². The molecule has 0 saturated carbocycles. The minimum Gasteiger partial charge on any atom is -0.493 e. The Hall–Kier alpha value is -2.92. The van der Waals surface area contributed by atoms with Gasteiger partial charge in [0.1, 0.15) is 5.60 Å². The number of anilines is 1. The van der Waals surface area contributed by atoms with Gasteiger partial charge in [-0.25, -0.2) is 4.79 Å².